The van der Waals surface area contributed by atoms with Gasteiger partial charge in [-0.05, 0) is 40.0 Å². The van der Waals surface area contributed by atoms with Gasteiger partial charge in [0.2, 0.25) is 5.88 Å². The van der Waals surface area contributed by atoms with Crippen molar-refractivity contribution < 1.29 is 13.9 Å². The van der Waals surface area contributed by atoms with Crippen molar-refractivity contribution in [1.82, 2.24) is 24.9 Å². The van der Waals surface area contributed by atoms with Gasteiger partial charge in [-0.2, -0.15) is 9.61 Å². The Morgan fingerprint density at radius 1 is 1.05 bits per heavy atom. The van der Waals surface area contributed by atoms with Crippen molar-refractivity contribution in [2.24, 2.45) is 0 Å². The molecule has 2 aromatic carbocycles. The van der Waals surface area contributed by atoms with Crippen LogP contribution in [-0.4, -0.2) is 38.1 Å². The van der Waals surface area contributed by atoms with Crippen LogP contribution in [0.5, 0.6) is 5.88 Å². The van der Waals surface area contributed by atoms with Crippen LogP contribution in [0, 0.1) is 5.82 Å². The number of hydrogen-bond acceptors (Lipinski definition) is 7. The maximum Gasteiger partial charge on any atom is 0.256 e. The second kappa shape index (κ2) is 11.5. The molecule has 0 aliphatic carbocycles. The van der Waals surface area contributed by atoms with E-state index in [2.05, 4.69) is 65.8 Å². The van der Waals surface area contributed by atoms with Crippen molar-refractivity contribution >= 4 is 39.1 Å². The Labute approximate surface area is 244 Å². The summed E-state index contributed by atoms with van der Waals surface area (Å²) in [5, 5.41) is 10.8. The fraction of sp³-hybridized carbons (Fsp3) is 0.200. The van der Waals surface area contributed by atoms with Crippen molar-refractivity contribution in [2.75, 3.05) is 16.8 Å². The van der Waals surface area contributed by atoms with Crippen LogP contribution in [0.15, 0.2) is 83.6 Å². The summed E-state index contributed by atoms with van der Waals surface area (Å²) in [7, 11) is 0. The third kappa shape index (κ3) is 5.71. The van der Waals surface area contributed by atoms with Crippen LogP contribution < -0.4 is 20.3 Å². The summed E-state index contributed by atoms with van der Waals surface area (Å²) >= 11 is 3.79. The molecule has 2 bridgehead atoms. The number of halogens is 2. The summed E-state index contributed by atoms with van der Waals surface area (Å²) in [6, 6.07) is 21.7. The number of benzene rings is 2. The number of hydrogen-bond donors (Lipinski definition) is 2. The minimum absolute atomic E-state index is 0.191. The third-order valence-electron chi connectivity index (χ3n) is 6.74. The Morgan fingerprint density at radius 3 is 2.41 bits per heavy atom. The highest BCUT2D eigenvalue weighted by atomic mass is 79.9. The molecule has 1 aliphatic heterocycles. The van der Waals surface area contributed by atoms with Crippen molar-refractivity contribution in [1.29, 1.82) is 0 Å². The summed E-state index contributed by atoms with van der Waals surface area (Å²) in [6.07, 6.45) is 2.23. The minimum atomic E-state index is -0.474. The number of amides is 1. The molecule has 0 spiro atoms. The SMILES string of the molecule is CC1CNC(=O)c2cnn3c(N(Cc4ccccc4)Cc4ccccc4)c(Br)c(nc23)NCc2cc(F)cnc2O1. The number of anilines is 2. The van der Waals surface area contributed by atoms with E-state index < -0.39 is 11.9 Å². The molecule has 0 fully saturated rings. The van der Waals surface area contributed by atoms with Gasteiger partial charge in [-0.15, -0.1) is 0 Å². The van der Waals surface area contributed by atoms with Crippen LogP contribution in [0.4, 0.5) is 16.0 Å². The first-order valence-electron chi connectivity index (χ1n) is 13.2. The molecule has 3 aromatic heterocycles. The minimum Gasteiger partial charge on any atom is -0.473 e. The molecule has 0 radical (unpaired) electrons. The molecule has 41 heavy (non-hydrogen) atoms. The molecule has 4 heterocycles. The number of nitrogens with one attached hydrogen (secondary N) is 2. The maximum atomic E-state index is 14.2. The van der Waals surface area contributed by atoms with E-state index in [9.17, 15) is 9.18 Å². The summed E-state index contributed by atoms with van der Waals surface area (Å²) in [5.41, 5.74) is 3.45. The summed E-state index contributed by atoms with van der Waals surface area (Å²) in [5.74, 6) is 0.663. The van der Waals surface area contributed by atoms with E-state index >= 15 is 0 Å². The Balaban J connectivity index is 1.51. The van der Waals surface area contributed by atoms with Crippen molar-refractivity contribution in [3.63, 3.8) is 0 Å². The number of ether oxygens (including phenoxy) is 1. The first-order chi connectivity index (χ1) is 20.0. The van der Waals surface area contributed by atoms with E-state index in [0.717, 1.165) is 17.3 Å². The summed E-state index contributed by atoms with van der Waals surface area (Å²) < 4.78 is 22.5. The first kappa shape index (κ1) is 26.7. The van der Waals surface area contributed by atoms with Crippen LogP contribution in [0.2, 0.25) is 0 Å². The van der Waals surface area contributed by atoms with Crippen LogP contribution in [-0.2, 0) is 19.6 Å². The molecular weight excluding hydrogens is 589 g/mol. The van der Waals surface area contributed by atoms with Crippen molar-refractivity contribution in [2.45, 2.75) is 32.7 Å². The molecular formula is C30H27BrFN7O2. The molecule has 1 aliphatic rings. The number of fused-ring (bicyclic) bond motifs is 2. The fourth-order valence-electron chi connectivity index (χ4n) is 4.77. The molecule has 1 amide bonds. The van der Waals surface area contributed by atoms with Gasteiger partial charge in [-0.3, -0.25) is 4.79 Å². The molecule has 9 nitrogen and oxygen atoms in total. The monoisotopic (exact) mass is 615 g/mol. The Kier molecular flexibility index (Phi) is 7.51. The molecule has 1 atom stereocenters. The van der Waals surface area contributed by atoms with E-state index in [1.165, 1.54) is 12.3 Å². The van der Waals surface area contributed by atoms with E-state index in [0.29, 0.717) is 46.0 Å². The van der Waals surface area contributed by atoms with E-state index in [4.69, 9.17) is 9.72 Å². The largest absolute Gasteiger partial charge is 0.473 e. The summed E-state index contributed by atoms with van der Waals surface area (Å²) in [6.45, 7) is 3.35. The number of pyridine rings is 1. The van der Waals surface area contributed by atoms with Gasteiger partial charge < -0.3 is 20.3 Å². The highest BCUT2D eigenvalue weighted by Crippen LogP contribution is 2.36. The van der Waals surface area contributed by atoms with Crippen LogP contribution >= 0.6 is 15.9 Å². The zero-order valence-corrected chi connectivity index (χ0v) is 23.8. The molecule has 0 saturated carbocycles. The highest BCUT2D eigenvalue weighted by molar-refractivity contribution is 9.10. The van der Waals surface area contributed by atoms with Gasteiger partial charge in [0.1, 0.15) is 27.8 Å². The molecule has 11 heteroatoms. The lowest BCUT2D eigenvalue weighted by atomic mass is 10.1. The normalized spacial score (nSPS) is 15.1. The molecule has 6 rings (SSSR count). The van der Waals surface area contributed by atoms with Gasteiger partial charge in [0.05, 0.1) is 18.9 Å². The topological polar surface area (TPSA) is 96.7 Å². The van der Waals surface area contributed by atoms with Gasteiger partial charge in [0.25, 0.3) is 5.91 Å². The standard InChI is InChI=1S/C30H27BrFN7O2/c1-19-13-34-28(40)24-16-36-39-27(24)37-26(33-14-22-12-23(32)15-35-29(22)41-19)25(31)30(39)38(17-20-8-4-2-5-9-20)18-21-10-6-3-7-11-21/h2-12,15-16,19H,13-14,17-18H2,1H3,(H,33,37)(H,34,40). The Bertz CT molecular complexity index is 1660. The molecule has 5 aromatic rings. The lowest BCUT2D eigenvalue weighted by molar-refractivity contribution is 0.0932. The lowest BCUT2D eigenvalue weighted by Gasteiger charge is -2.27. The highest BCUT2D eigenvalue weighted by Gasteiger charge is 2.26. The van der Waals surface area contributed by atoms with E-state index in [1.54, 1.807) is 4.52 Å². The van der Waals surface area contributed by atoms with Gasteiger partial charge in [0.15, 0.2) is 11.5 Å². The van der Waals surface area contributed by atoms with E-state index in [-0.39, 0.29) is 24.9 Å². The Hall–Kier alpha value is -4.51. The second-order valence-corrected chi connectivity index (χ2v) is 10.6. The average molecular weight is 616 g/mol. The average Bonchev–Trinajstić information content (AvgIpc) is 3.40. The second-order valence-electron chi connectivity index (χ2n) is 9.83. The zero-order chi connectivity index (χ0) is 28.3. The number of carbonyl (C=O) groups is 1. The van der Waals surface area contributed by atoms with E-state index in [1.807, 2.05) is 43.3 Å². The Morgan fingerprint density at radius 2 is 1.73 bits per heavy atom. The quantitative estimate of drug-likeness (QED) is 0.275. The molecule has 2 N–H and O–H groups in total. The zero-order valence-electron chi connectivity index (χ0n) is 22.2. The maximum absolute atomic E-state index is 14.2. The number of nitrogens with zero attached hydrogens (tertiary/aromatic N) is 5. The van der Waals surface area contributed by atoms with Gasteiger partial charge in [-0.1, -0.05) is 60.7 Å². The van der Waals surface area contributed by atoms with Gasteiger partial charge in [0, 0.05) is 25.2 Å². The van der Waals surface area contributed by atoms with Gasteiger partial charge in [-0.25, -0.2) is 14.4 Å². The predicted molar refractivity (Wildman–Crippen MR) is 157 cm³/mol. The van der Waals surface area contributed by atoms with Crippen LogP contribution in [0.1, 0.15) is 34.0 Å². The van der Waals surface area contributed by atoms with Gasteiger partial charge >= 0.3 is 0 Å². The number of carbonyl (C=O) groups excluding carboxylic acids is 1. The molecule has 0 saturated heterocycles. The van der Waals surface area contributed by atoms with Crippen molar-refractivity contribution in [3.8, 4) is 5.88 Å². The number of aromatic nitrogens is 4. The van der Waals surface area contributed by atoms with Crippen LogP contribution in [0.25, 0.3) is 5.65 Å². The molecule has 208 valence electrons. The molecule has 1 unspecified atom stereocenters. The fourth-order valence-corrected chi connectivity index (χ4v) is 5.41. The third-order valence-corrected chi connectivity index (χ3v) is 7.47. The smallest absolute Gasteiger partial charge is 0.256 e. The number of rotatable bonds is 5. The first-order valence-corrected chi connectivity index (χ1v) is 14.0. The van der Waals surface area contributed by atoms with Crippen LogP contribution in [0.3, 0.4) is 0 Å². The predicted octanol–water partition coefficient (Wildman–Crippen LogP) is 5.36. The van der Waals surface area contributed by atoms with Crippen molar-refractivity contribution in [3.05, 3.63) is 112 Å². The lowest BCUT2D eigenvalue weighted by Crippen LogP contribution is -2.34. The summed E-state index contributed by atoms with van der Waals surface area (Å²) in [4.78, 5) is 24.4.